The number of phenols is 1. The summed E-state index contributed by atoms with van der Waals surface area (Å²) in [5.74, 6) is -0.975. The van der Waals surface area contributed by atoms with E-state index < -0.39 is 5.91 Å². The fourth-order valence-corrected chi connectivity index (χ4v) is 2.18. The third-order valence-corrected chi connectivity index (χ3v) is 3.36. The summed E-state index contributed by atoms with van der Waals surface area (Å²) in [6.45, 7) is 0. The van der Waals surface area contributed by atoms with Crippen molar-refractivity contribution < 1.29 is 14.3 Å². The van der Waals surface area contributed by atoms with Crippen LogP contribution in [0.5, 0.6) is 5.75 Å². The maximum atomic E-state index is 12.8. The number of carbonyl (C=O) groups is 1. The van der Waals surface area contributed by atoms with Crippen molar-refractivity contribution in [3.05, 3.63) is 77.6 Å². The van der Waals surface area contributed by atoms with Gasteiger partial charge in [0.15, 0.2) is 0 Å². The fraction of sp³-hybridized carbons (Fsp3) is 0. The number of phenolic OH excluding ortho intramolecular Hbond substituents is 1. The Labute approximate surface area is 131 Å². The van der Waals surface area contributed by atoms with E-state index in [0.717, 1.165) is 10.8 Å². The first-order chi connectivity index (χ1) is 11.1. The number of hydrogen-bond acceptors (Lipinski definition) is 3. The predicted molar refractivity (Wildman–Crippen MR) is 87.1 cm³/mol. The maximum Gasteiger partial charge on any atom is 0.275 e. The van der Waals surface area contributed by atoms with Crippen LogP contribution in [0.1, 0.15) is 15.9 Å². The molecule has 2 N–H and O–H groups in total. The number of nitrogens with zero attached hydrogens (tertiary/aromatic N) is 1. The highest BCUT2D eigenvalue weighted by Crippen LogP contribution is 2.24. The van der Waals surface area contributed by atoms with Crippen molar-refractivity contribution >= 4 is 22.9 Å². The van der Waals surface area contributed by atoms with Crippen LogP contribution in [0.2, 0.25) is 0 Å². The third kappa shape index (κ3) is 3.35. The lowest BCUT2D eigenvalue weighted by molar-refractivity contribution is 0.0952. The lowest BCUT2D eigenvalue weighted by Crippen LogP contribution is -2.17. The molecular formula is C18H13FN2O2. The van der Waals surface area contributed by atoms with Gasteiger partial charge in [0.05, 0.1) is 11.8 Å². The zero-order chi connectivity index (χ0) is 16.2. The summed E-state index contributed by atoms with van der Waals surface area (Å²) in [5, 5.41) is 15.5. The van der Waals surface area contributed by atoms with Gasteiger partial charge >= 0.3 is 0 Å². The highest BCUT2D eigenvalue weighted by atomic mass is 19.1. The lowest BCUT2D eigenvalue weighted by atomic mass is 10.1. The molecule has 0 saturated heterocycles. The Morgan fingerprint density at radius 3 is 2.39 bits per heavy atom. The first kappa shape index (κ1) is 14.7. The molecule has 0 heterocycles. The molecule has 0 aliphatic heterocycles. The van der Waals surface area contributed by atoms with Gasteiger partial charge in [0.25, 0.3) is 5.91 Å². The largest absolute Gasteiger partial charge is 0.507 e. The molecule has 3 rings (SSSR count). The Balaban J connectivity index is 1.78. The zero-order valence-corrected chi connectivity index (χ0v) is 12.0. The van der Waals surface area contributed by atoms with Gasteiger partial charge in [-0.15, -0.1) is 0 Å². The van der Waals surface area contributed by atoms with Gasteiger partial charge in [-0.3, -0.25) is 4.79 Å². The molecule has 1 amide bonds. The first-order valence-corrected chi connectivity index (χ1v) is 6.94. The molecule has 0 saturated carbocycles. The minimum atomic E-state index is -0.522. The number of carbonyl (C=O) groups excluding carboxylic acids is 1. The number of rotatable bonds is 3. The molecule has 0 radical (unpaired) electrons. The van der Waals surface area contributed by atoms with Gasteiger partial charge in [0, 0.05) is 0 Å². The third-order valence-electron chi connectivity index (χ3n) is 3.36. The molecule has 0 bridgehead atoms. The molecule has 3 aromatic rings. The molecule has 114 valence electrons. The van der Waals surface area contributed by atoms with Crippen molar-refractivity contribution in [1.82, 2.24) is 5.43 Å². The van der Waals surface area contributed by atoms with E-state index in [1.165, 1.54) is 24.4 Å². The molecule has 0 atom stereocenters. The molecule has 23 heavy (non-hydrogen) atoms. The van der Waals surface area contributed by atoms with Crippen LogP contribution < -0.4 is 5.43 Å². The molecule has 0 aliphatic carbocycles. The van der Waals surface area contributed by atoms with Crippen molar-refractivity contribution in [3.63, 3.8) is 0 Å². The average molecular weight is 308 g/mol. The smallest absolute Gasteiger partial charge is 0.275 e. The van der Waals surface area contributed by atoms with Gasteiger partial charge < -0.3 is 5.11 Å². The van der Waals surface area contributed by atoms with E-state index in [-0.39, 0.29) is 17.1 Å². The summed E-state index contributed by atoms with van der Waals surface area (Å²) >= 11 is 0. The van der Waals surface area contributed by atoms with Crippen molar-refractivity contribution in [1.29, 1.82) is 0 Å². The van der Waals surface area contributed by atoms with E-state index in [2.05, 4.69) is 10.5 Å². The van der Waals surface area contributed by atoms with Crippen LogP contribution in [0, 0.1) is 5.82 Å². The Bertz CT molecular complexity index is 889. The Morgan fingerprint density at radius 2 is 1.70 bits per heavy atom. The van der Waals surface area contributed by atoms with Crippen LogP contribution in [0.4, 0.5) is 4.39 Å². The van der Waals surface area contributed by atoms with Crippen LogP contribution in [-0.4, -0.2) is 17.2 Å². The Kier molecular flexibility index (Phi) is 4.01. The second kappa shape index (κ2) is 6.27. The van der Waals surface area contributed by atoms with Gasteiger partial charge in [-0.2, -0.15) is 5.10 Å². The summed E-state index contributed by atoms with van der Waals surface area (Å²) in [4.78, 5) is 12.1. The number of hydrogen-bond donors (Lipinski definition) is 2. The normalized spacial score (nSPS) is 11.0. The number of hydrazone groups is 1. The molecule has 3 aromatic carbocycles. The molecule has 0 aliphatic rings. The Morgan fingerprint density at radius 1 is 1.04 bits per heavy atom. The number of fused-ring (bicyclic) bond motifs is 1. The van der Waals surface area contributed by atoms with Gasteiger partial charge in [-0.1, -0.05) is 36.4 Å². The summed E-state index contributed by atoms with van der Waals surface area (Å²) in [7, 11) is 0. The fourth-order valence-electron chi connectivity index (χ4n) is 2.18. The maximum absolute atomic E-state index is 12.8. The second-order valence-corrected chi connectivity index (χ2v) is 4.97. The van der Waals surface area contributed by atoms with Crippen LogP contribution in [-0.2, 0) is 0 Å². The Hall–Kier alpha value is -3.21. The monoisotopic (exact) mass is 308 g/mol. The standard InChI is InChI=1S/C18H13FN2O2/c19-15-7-5-12(6-8-15)11-20-21-18(23)16-9-13-3-1-2-4-14(13)10-17(16)22/h1-11,22H,(H,21,23)/b20-11+. The number of amides is 1. The predicted octanol–water partition coefficient (Wildman–Crippen LogP) is 3.45. The van der Waals surface area contributed by atoms with Gasteiger partial charge in [-0.05, 0) is 40.6 Å². The second-order valence-electron chi connectivity index (χ2n) is 4.97. The summed E-state index contributed by atoms with van der Waals surface area (Å²) < 4.78 is 12.8. The van der Waals surface area contributed by atoms with Gasteiger partial charge in [0.1, 0.15) is 11.6 Å². The van der Waals surface area contributed by atoms with E-state index in [1.807, 2.05) is 24.3 Å². The minimum Gasteiger partial charge on any atom is -0.507 e. The number of nitrogens with one attached hydrogen (secondary N) is 1. The number of aromatic hydroxyl groups is 1. The molecule has 0 fully saturated rings. The quantitative estimate of drug-likeness (QED) is 0.575. The van der Waals surface area contributed by atoms with Crippen molar-refractivity contribution in [2.75, 3.05) is 0 Å². The van der Waals surface area contributed by atoms with Crippen LogP contribution in [0.25, 0.3) is 10.8 Å². The highest BCUT2D eigenvalue weighted by molar-refractivity contribution is 6.01. The molecule has 4 nitrogen and oxygen atoms in total. The van der Waals surface area contributed by atoms with Gasteiger partial charge in [0.2, 0.25) is 0 Å². The topological polar surface area (TPSA) is 61.7 Å². The molecule has 0 unspecified atom stereocenters. The SMILES string of the molecule is O=C(N/N=C/c1ccc(F)cc1)c1cc2ccccc2cc1O. The molecule has 0 spiro atoms. The van der Waals surface area contributed by atoms with E-state index >= 15 is 0 Å². The lowest BCUT2D eigenvalue weighted by Gasteiger charge is -2.05. The highest BCUT2D eigenvalue weighted by Gasteiger charge is 2.11. The van der Waals surface area contributed by atoms with Crippen LogP contribution in [0.15, 0.2) is 65.8 Å². The van der Waals surface area contributed by atoms with E-state index in [4.69, 9.17) is 0 Å². The van der Waals surface area contributed by atoms with Crippen molar-refractivity contribution in [2.24, 2.45) is 5.10 Å². The summed E-state index contributed by atoms with van der Waals surface area (Å²) in [5.41, 5.74) is 3.13. The number of halogens is 1. The summed E-state index contributed by atoms with van der Waals surface area (Å²) in [6.07, 6.45) is 1.40. The van der Waals surface area contributed by atoms with Crippen molar-refractivity contribution in [2.45, 2.75) is 0 Å². The van der Waals surface area contributed by atoms with E-state index in [1.54, 1.807) is 18.2 Å². The molecule has 0 aromatic heterocycles. The summed E-state index contributed by atoms with van der Waals surface area (Å²) in [6, 6.07) is 16.2. The first-order valence-electron chi connectivity index (χ1n) is 6.94. The molecule has 5 heteroatoms. The zero-order valence-electron chi connectivity index (χ0n) is 12.0. The minimum absolute atomic E-state index is 0.113. The van der Waals surface area contributed by atoms with Gasteiger partial charge in [-0.25, -0.2) is 9.82 Å². The number of benzene rings is 3. The van der Waals surface area contributed by atoms with Crippen LogP contribution in [0.3, 0.4) is 0 Å². The van der Waals surface area contributed by atoms with E-state index in [0.29, 0.717) is 5.56 Å². The molecular weight excluding hydrogens is 295 g/mol. The van der Waals surface area contributed by atoms with Crippen LogP contribution >= 0.6 is 0 Å². The van der Waals surface area contributed by atoms with E-state index in [9.17, 15) is 14.3 Å². The van der Waals surface area contributed by atoms with Crippen molar-refractivity contribution in [3.8, 4) is 5.75 Å². The average Bonchev–Trinajstić information content (AvgIpc) is 2.56.